The summed E-state index contributed by atoms with van der Waals surface area (Å²) in [6.45, 7) is 15.8. The van der Waals surface area contributed by atoms with Crippen molar-refractivity contribution in [2.45, 2.75) is 67.0 Å². The molecule has 1 rings (SSSR count). The first kappa shape index (κ1) is 33.5. The molecule has 0 aromatic carbocycles. The van der Waals surface area contributed by atoms with Crippen molar-refractivity contribution in [3.8, 4) is 0 Å². The number of hydrogen-bond acceptors (Lipinski definition) is 0. The minimum Gasteiger partial charge on any atom is -1.00 e. The Kier molecular flexibility index (Phi) is 37.1. The molecule has 1 aliphatic rings. The van der Waals surface area contributed by atoms with Gasteiger partial charge in [0.05, 0.1) is 0 Å². The largest absolute Gasteiger partial charge is 4.00 e. The van der Waals surface area contributed by atoms with Gasteiger partial charge in [0, 0.05) is 9.52 Å². The van der Waals surface area contributed by atoms with E-state index in [2.05, 4.69) is 53.8 Å². The molecule has 1 N–H and O–H groups in total. The summed E-state index contributed by atoms with van der Waals surface area (Å²) < 4.78 is 0. The van der Waals surface area contributed by atoms with Crippen LogP contribution in [0.4, 0.5) is 0 Å². The van der Waals surface area contributed by atoms with Crippen LogP contribution in [0, 0.1) is 12.0 Å². The van der Waals surface area contributed by atoms with E-state index in [0.717, 1.165) is 15.9 Å². The summed E-state index contributed by atoms with van der Waals surface area (Å²) in [7, 11) is 0.750. The fourth-order valence-electron chi connectivity index (χ4n) is 1.54. The van der Waals surface area contributed by atoms with Gasteiger partial charge in [-0.3, -0.25) is 6.08 Å². The van der Waals surface area contributed by atoms with Crippen molar-refractivity contribution in [2.75, 3.05) is 6.54 Å². The van der Waals surface area contributed by atoms with Crippen LogP contribution in [0.1, 0.15) is 53.9 Å². The zero-order chi connectivity index (χ0) is 14.6. The topological polar surface area (TPSA) is 23.8 Å². The maximum atomic E-state index is 6.71. The van der Waals surface area contributed by atoms with Crippen LogP contribution in [0.2, 0.25) is 13.1 Å². The SMILES string of the molecule is CC1=[C-]C(C)C(C)=C1C.CCCCC[NH-].C[SiH]C.[Cl-].[Cl-].[Ti+4]. The number of rotatable bonds is 3. The first-order valence-corrected chi connectivity index (χ1v) is 9.43. The van der Waals surface area contributed by atoms with Crippen LogP contribution in [0.3, 0.4) is 0 Å². The molecule has 0 aromatic rings. The van der Waals surface area contributed by atoms with Crippen molar-refractivity contribution in [3.63, 3.8) is 0 Å². The van der Waals surface area contributed by atoms with E-state index in [9.17, 15) is 0 Å². The van der Waals surface area contributed by atoms with Gasteiger partial charge >= 0.3 is 21.7 Å². The van der Waals surface area contributed by atoms with Crippen molar-refractivity contribution in [1.82, 2.24) is 0 Å². The van der Waals surface area contributed by atoms with Crippen molar-refractivity contribution in [3.05, 3.63) is 28.5 Å². The van der Waals surface area contributed by atoms with Crippen LogP contribution < -0.4 is 24.8 Å². The van der Waals surface area contributed by atoms with Crippen molar-refractivity contribution < 1.29 is 46.5 Å². The smallest absolute Gasteiger partial charge is 1.00 e. The van der Waals surface area contributed by atoms with Gasteiger partial charge in [-0.1, -0.05) is 66.0 Å². The molecule has 1 nitrogen and oxygen atoms in total. The molecule has 5 heteroatoms. The second kappa shape index (κ2) is 23.2. The molecule has 0 aliphatic heterocycles. The Balaban J connectivity index is -0.0000000637. The maximum Gasteiger partial charge on any atom is 4.00 e. The summed E-state index contributed by atoms with van der Waals surface area (Å²) in [5.74, 6) is 0.560. The number of nitrogens with one attached hydrogen (secondary N) is 1. The number of unbranched alkanes of at least 4 members (excludes halogenated alkanes) is 2. The molecular weight excluding hydrogens is 353 g/mol. The van der Waals surface area contributed by atoms with Gasteiger partial charge < -0.3 is 30.5 Å². The Hall–Kier alpha value is 0.951. The molecule has 0 bridgehead atoms. The van der Waals surface area contributed by atoms with Gasteiger partial charge in [-0.15, -0.1) is 6.92 Å². The normalized spacial score (nSPS) is 15.0. The van der Waals surface area contributed by atoms with Crippen molar-refractivity contribution >= 4 is 9.52 Å². The van der Waals surface area contributed by atoms with Gasteiger partial charge in [-0.05, 0) is 0 Å². The minimum atomic E-state index is 0. The van der Waals surface area contributed by atoms with Gasteiger partial charge in [0.2, 0.25) is 0 Å². The van der Waals surface area contributed by atoms with Gasteiger partial charge in [-0.2, -0.15) is 17.7 Å². The van der Waals surface area contributed by atoms with Crippen LogP contribution in [0.5, 0.6) is 0 Å². The monoisotopic (exact) mass is 384 g/mol. The third-order valence-electron chi connectivity index (χ3n) is 3.02. The Morgan fingerprint density at radius 2 is 1.52 bits per heavy atom. The Morgan fingerprint density at radius 1 is 1.10 bits per heavy atom. The molecule has 1 radical (unpaired) electrons. The van der Waals surface area contributed by atoms with E-state index >= 15 is 0 Å². The Labute approximate surface area is 163 Å². The van der Waals surface area contributed by atoms with E-state index in [0.29, 0.717) is 12.5 Å². The van der Waals surface area contributed by atoms with Gasteiger partial charge in [-0.25, -0.2) is 5.57 Å². The summed E-state index contributed by atoms with van der Waals surface area (Å²) in [5.41, 5.74) is 11.0. The molecule has 1 atom stereocenters. The van der Waals surface area contributed by atoms with E-state index in [1.54, 1.807) is 0 Å². The van der Waals surface area contributed by atoms with Crippen LogP contribution >= 0.6 is 0 Å². The maximum absolute atomic E-state index is 6.71. The van der Waals surface area contributed by atoms with Gasteiger partial charge in [0.25, 0.3) is 0 Å². The zero-order valence-corrected chi connectivity index (χ0v) is 19.0. The molecular formula is C16H32Cl2NSiTi. The summed E-state index contributed by atoms with van der Waals surface area (Å²) in [6.07, 6.45) is 6.90. The molecule has 0 fully saturated rings. The predicted octanol–water partition coefficient (Wildman–Crippen LogP) is -0.525. The molecule has 21 heavy (non-hydrogen) atoms. The fraction of sp³-hybridized carbons (Fsp3) is 0.750. The standard InChI is InChI=1S/C9H13.C5H12N.C2H7Si.2ClH.Ti/c1-6-5-7(2)9(4)8(6)3;1-2-3-4-5-6;1-3-2;;;/h6H,1-4H3;6H,2-5H2,1H3;3H,1-2H3;2*1H;/q2*-1;;;;+4/p-2. The van der Waals surface area contributed by atoms with E-state index < -0.39 is 0 Å². The van der Waals surface area contributed by atoms with Crippen LogP contribution in [-0.2, 0) is 21.7 Å². The van der Waals surface area contributed by atoms with E-state index in [1.807, 2.05) is 0 Å². The van der Waals surface area contributed by atoms with E-state index in [4.69, 9.17) is 5.73 Å². The van der Waals surface area contributed by atoms with Crippen LogP contribution in [0.15, 0.2) is 16.7 Å². The average molecular weight is 385 g/mol. The third-order valence-corrected chi connectivity index (χ3v) is 3.02. The summed E-state index contributed by atoms with van der Waals surface area (Å²) >= 11 is 0. The van der Waals surface area contributed by atoms with Crippen LogP contribution in [-0.4, -0.2) is 16.1 Å². The summed E-state index contributed by atoms with van der Waals surface area (Å²) in [5, 5.41) is 0. The molecule has 0 spiro atoms. The number of hydrogen-bond donors (Lipinski definition) is 0. The molecule has 1 unspecified atom stereocenters. The molecule has 0 aromatic heterocycles. The third kappa shape index (κ3) is 18.9. The summed E-state index contributed by atoms with van der Waals surface area (Å²) in [4.78, 5) is 0. The van der Waals surface area contributed by atoms with Crippen LogP contribution in [0.25, 0.3) is 5.73 Å². The van der Waals surface area contributed by atoms with Gasteiger partial charge in [0.1, 0.15) is 0 Å². The van der Waals surface area contributed by atoms with E-state index in [1.165, 1.54) is 29.6 Å². The zero-order valence-electron chi connectivity index (χ0n) is 14.7. The number of allylic oxidation sites excluding steroid dienone is 4. The van der Waals surface area contributed by atoms with Gasteiger partial charge in [0.15, 0.2) is 0 Å². The van der Waals surface area contributed by atoms with Crippen molar-refractivity contribution in [1.29, 1.82) is 0 Å². The first-order chi connectivity index (χ1) is 8.45. The molecule has 0 amide bonds. The number of halogens is 2. The quantitative estimate of drug-likeness (QED) is 0.355. The molecule has 0 heterocycles. The summed E-state index contributed by atoms with van der Waals surface area (Å²) in [6, 6.07) is 0. The average Bonchev–Trinajstić information content (AvgIpc) is 2.55. The molecule has 0 saturated carbocycles. The molecule has 0 saturated heterocycles. The minimum absolute atomic E-state index is 0. The second-order valence-corrected chi connectivity index (χ2v) is 5.99. The first-order valence-electron chi connectivity index (χ1n) is 7.12. The van der Waals surface area contributed by atoms with Crippen molar-refractivity contribution in [2.24, 2.45) is 5.92 Å². The predicted molar refractivity (Wildman–Crippen MR) is 87.6 cm³/mol. The fourth-order valence-corrected chi connectivity index (χ4v) is 1.54. The second-order valence-electron chi connectivity index (χ2n) is 4.83. The van der Waals surface area contributed by atoms with E-state index in [-0.39, 0.29) is 46.5 Å². The molecule has 1 aliphatic carbocycles. The Bertz CT molecular complexity index is 265. The Morgan fingerprint density at radius 3 is 1.62 bits per heavy atom. The molecule has 123 valence electrons.